The molecule has 0 aliphatic carbocycles. The maximum atomic E-state index is 13.2. The minimum atomic E-state index is -1.42. The number of methoxy groups -OCH3 is 3. The summed E-state index contributed by atoms with van der Waals surface area (Å²) >= 11 is 0. The molecule has 63 heavy (non-hydrogen) atoms. The van der Waals surface area contributed by atoms with Gasteiger partial charge >= 0.3 is 35.8 Å². The highest BCUT2D eigenvalue weighted by Gasteiger charge is 2.58. The van der Waals surface area contributed by atoms with Gasteiger partial charge in [0.05, 0.1) is 24.7 Å². The third-order valence-corrected chi connectivity index (χ3v) is 11.5. The molecule has 0 spiro atoms. The molecule has 2 aliphatic rings. The van der Waals surface area contributed by atoms with Crippen LogP contribution in [0.2, 0.25) is 0 Å². The molecule has 20 nitrogen and oxygen atoms in total. The van der Waals surface area contributed by atoms with Gasteiger partial charge in [-0.05, 0) is 47.2 Å². The van der Waals surface area contributed by atoms with E-state index in [2.05, 4.69) is 0 Å². The Hall–Kier alpha value is -3.79. The molecule has 2 aliphatic heterocycles. The highest BCUT2D eigenvalue weighted by Crippen LogP contribution is 2.44. The van der Waals surface area contributed by atoms with Crippen molar-refractivity contribution < 1.29 is 90.8 Å². The first kappa shape index (κ1) is 55.3. The summed E-state index contributed by atoms with van der Waals surface area (Å²) in [6.45, 7) is 13.5. The molecule has 0 aromatic rings. The lowest BCUT2D eigenvalue weighted by molar-refractivity contribution is -0.320. The predicted octanol–water partition coefficient (Wildman–Crippen LogP) is 3.01. The second kappa shape index (κ2) is 25.6. The number of carboxylic acid groups (broad SMARTS) is 1. The molecule has 0 aromatic heterocycles. The molecule has 0 bridgehead atoms. The highest BCUT2D eigenvalue weighted by atomic mass is 16.7. The summed E-state index contributed by atoms with van der Waals surface area (Å²) in [6, 6.07) is -0.851. The van der Waals surface area contributed by atoms with Crippen LogP contribution in [0.15, 0.2) is 0 Å². The van der Waals surface area contributed by atoms with Crippen molar-refractivity contribution in [3.8, 4) is 0 Å². The Labute approximate surface area is 370 Å². The normalized spacial score (nSPS) is 29.0. The number of aldehydes is 1. The van der Waals surface area contributed by atoms with E-state index < -0.39 is 139 Å². The van der Waals surface area contributed by atoms with Crippen molar-refractivity contribution in [1.82, 2.24) is 4.90 Å². The second-order valence-electron chi connectivity index (χ2n) is 16.7. The summed E-state index contributed by atoms with van der Waals surface area (Å²) in [4.78, 5) is 89.6. The first-order valence-electron chi connectivity index (χ1n) is 21.3. The lowest BCUT2D eigenvalue weighted by atomic mass is 9.70. The molecule has 2 saturated heterocycles. The van der Waals surface area contributed by atoms with Crippen LogP contribution in [0.5, 0.6) is 0 Å². The van der Waals surface area contributed by atoms with Crippen molar-refractivity contribution in [1.29, 1.82) is 0 Å². The fourth-order valence-electron chi connectivity index (χ4n) is 8.87. The van der Waals surface area contributed by atoms with E-state index in [0.717, 1.165) is 0 Å². The van der Waals surface area contributed by atoms with Crippen LogP contribution < -0.4 is 0 Å². The molecule has 2 rings (SSSR count). The van der Waals surface area contributed by atoms with E-state index in [4.69, 9.17) is 52.1 Å². The number of hydrogen-bond donors (Lipinski definition) is 1. The van der Waals surface area contributed by atoms with Crippen molar-refractivity contribution in [2.45, 2.75) is 180 Å². The summed E-state index contributed by atoms with van der Waals surface area (Å²) in [5.41, 5.74) is -1.39. The molecular formula is C43H71NO19. The molecule has 0 radical (unpaired) electrons. The maximum absolute atomic E-state index is 13.2. The molecule has 2 heterocycles. The van der Waals surface area contributed by atoms with Crippen molar-refractivity contribution in [3.63, 3.8) is 0 Å². The molecule has 0 aromatic carbocycles. The third kappa shape index (κ3) is 15.7. The smallest absolute Gasteiger partial charge is 0.307 e. The van der Waals surface area contributed by atoms with Crippen molar-refractivity contribution >= 4 is 42.1 Å². The van der Waals surface area contributed by atoms with E-state index in [0.29, 0.717) is 6.29 Å². The van der Waals surface area contributed by atoms with Crippen LogP contribution in [0.4, 0.5) is 0 Å². The van der Waals surface area contributed by atoms with E-state index in [1.807, 2.05) is 0 Å². The van der Waals surface area contributed by atoms with Gasteiger partial charge < -0.3 is 62.1 Å². The number of likely N-dealkylation sites (N-methyl/N-ethyl adjacent to an activating group) is 1. The molecule has 0 saturated carbocycles. The molecular weight excluding hydrogens is 834 g/mol. The third-order valence-electron chi connectivity index (χ3n) is 11.5. The van der Waals surface area contributed by atoms with Gasteiger partial charge in [-0.3, -0.25) is 33.6 Å². The first-order chi connectivity index (χ1) is 29.5. The Morgan fingerprint density at radius 1 is 0.825 bits per heavy atom. The molecule has 0 amide bonds. The van der Waals surface area contributed by atoms with Gasteiger partial charge in [0.25, 0.3) is 0 Å². The van der Waals surface area contributed by atoms with Gasteiger partial charge in [-0.2, -0.15) is 0 Å². The minimum Gasteiger partial charge on any atom is -0.481 e. The van der Waals surface area contributed by atoms with Gasteiger partial charge in [-0.25, -0.2) is 0 Å². The number of carbonyl (C=O) groups is 7. The molecule has 15 atom stereocenters. The summed E-state index contributed by atoms with van der Waals surface area (Å²) in [7, 11) is 7.63. The van der Waals surface area contributed by atoms with E-state index in [9.17, 15) is 38.7 Å². The maximum Gasteiger partial charge on any atom is 0.307 e. The Balaban J connectivity index is 2.92. The van der Waals surface area contributed by atoms with Gasteiger partial charge in [0.2, 0.25) is 0 Å². The molecule has 362 valence electrons. The Bertz CT molecular complexity index is 1520. The number of rotatable bonds is 25. The van der Waals surface area contributed by atoms with Gasteiger partial charge in [-0.1, -0.05) is 20.8 Å². The number of ether oxygens (including phenoxy) is 11. The average Bonchev–Trinajstić information content (AvgIpc) is 3.18. The largest absolute Gasteiger partial charge is 0.481 e. The molecule has 1 N–H and O–H groups in total. The number of carboxylic acids is 1. The molecule has 2 fully saturated rings. The van der Waals surface area contributed by atoms with Gasteiger partial charge in [-0.15, -0.1) is 0 Å². The number of hydrogen-bond acceptors (Lipinski definition) is 19. The topological polar surface area (TPSA) is 244 Å². The Morgan fingerprint density at radius 2 is 1.44 bits per heavy atom. The predicted molar refractivity (Wildman–Crippen MR) is 220 cm³/mol. The zero-order chi connectivity index (χ0) is 47.9. The molecule has 5 unspecified atom stereocenters. The fraction of sp³-hybridized carbons (Fsp3) is 0.837. The number of nitrogens with zero attached hydrogens (tertiary/aromatic N) is 1. The van der Waals surface area contributed by atoms with Gasteiger partial charge in [0.15, 0.2) is 36.7 Å². The van der Waals surface area contributed by atoms with Crippen molar-refractivity contribution in [3.05, 3.63) is 0 Å². The second-order valence-corrected chi connectivity index (χ2v) is 16.7. The fourth-order valence-corrected chi connectivity index (χ4v) is 8.87. The SMILES string of the molecule is CCC(=O)OC(CC(=O)O)C(OC)[C@H](C(CC(OC)OC)CC(C)C(C=O)OC(C)=O)[C@@H]1O[C@H](C)[C@@H](O[C@@H]2C[C@@](C)(OC(C)=O)[C@@H](OC(=O)CC)[C@H](C)O2)[C@H](N(C)C)[C@H]1OC(C)=O. The van der Waals surface area contributed by atoms with E-state index >= 15 is 0 Å². The van der Waals surface area contributed by atoms with Crippen LogP contribution >= 0.6 is 0 Å². The minimum absolute atomic E-state index is 0.0505. The van der Waals surface area contributed by atoms with Gasteiger partial charge in [0.1, 0.15) is 30.5 Å². The zero-order valence-electron chi connectivity index (χ0n) is 39.2. The lowest BCUT2D eigenvalue weighted by Gasteiger charge is -2.53. The van der Waals surface area contributed by atoms with Crippen LogP contribution in [-0.4, -0.2) is 167 Å². The first-order valence-corrected chi connectivity index (χ1v) is 21.3. The summed E-state index contributed by atoms with van der Waals surface area (Å²) in [5, 5.41) is 10.1. The van der Waals surface area contributed by atoms with Crippen molar-refractivity contribution in [2.24, 2.45) is 17.8 Å². The van der Waals surface area contributed by atoms with Crippen molar-refractivity contribution in [2.75, 3.05) is 35.4 Å². The van der Waals surface area contributed by atoms with E-state index in [-0.39, 0.29) is 32.1 Å². The van der Waals surface area contributed by atoms with Gasteiger partial charge in [0, 0.05) is 79.6 Å². The zero-order valence-corrected chi connectivity index (χ0v) is 39.2. The summed E-state index contributed by atoms with van der Waals surface area (Å²) in [5.74, 6) is -7.03. The average molecular weight is 906 g/mol. The quantitative estimate of drug-likeness (QED) is 0.0599. The molecule has 20 heteroatoms. The van der Waals surface area contributed by atoms with Crippen LogP contribution in [0.25, 0.3) is 0 Å². The lowest BCUT2D eigenvalue weighted by Crippen LogP contribution is -2.68. The van der Waals surface area contributed by atoms with Crippen LogP contribution in [0.3, 0.4) is 0 Å². The van der Waals surface area contributed by atoms with Crippen LogP contribution in [-0.2, 0) is 85.7 Å². The summed E-state index contributed by atoms with van der Waals surface area (Å²) in [6.07, 6.45) is -12.1. The number of esters is 5. The van der Waals surface area contributed by atoms with Crippen LogP contribution in [0, 0.1) is 17.8 Å². The monoisotopic (exact) mass is 905 g/mol. The summed E-state index contributed by atoms with van der Waals surface area (Å²) < 4.78 is 66.2. The standard InChI is InChI=1S/C43H71NO19/c1-15-32(51)60-29(19-31(49)50)39(55-14)36(28(18-34(53-12)54-13)17-22(3)30(21-45)58-25(6)46)40-41(59-26(7)47)37(44(10)11)38(23(4)57-40)62-35-20-43(9,63-27(8)48)42(24(5)56-35)61-33(52)16-2/h21-24,28-30,34-42H,15-20H2,1-14H3,(H,49,50)/t22?,23-,24+,28?,29?,30?,35-,36+,37+,38-,39?,40+,41-,42+,43-/m1/s1. The number of aliphatic carboxylic acids is 1. The Kier molecular flexibility index (Phi) is 22.5. The highest BCUT2D eigenvalue weighted by molar-refractivity contribution is 5.72. The number of carbonyl (C=O) groups excluding carboxylic acids is 6. The Morgan fingerprint density at radius 3 is 1.92 bits per heavy atom. The van der Waals surface area contributed by atoms with Crippen LogP contribution in [0.1, 0.15) is 101 Å². The van der Waals surface area contributed by atoms with E-state index in [1.54, 1.807) is 60.5 Å². The van der Waals surface area contributed by atoms with E-state index in [1.165, 1.54) is 42.1 Å².